The Morgan fingerprint density at radius 2 is 1.53 bits per heavy atom. The second-order valence-electron chi connectivity index (χ2n) is 8.96. The van der Waals surface area contributed by atoms with Crippen LogP contribution in [0.3, 0.4) is 0 Å². The maximum atomic E-state index is 12.9. The SMILES string of the molecule is CC(C)(C)OC(=O)NC[C@](C)(CNO)[C@](Cc1ccccc1)(C(=O)O)n1c(O)ccc1O. The Morgan fingerprint density at radius 1 is 0.969 bits per heavy atom. The number of amides is 1. The zero-order valence-electron chi connectivity index (χ0n) is 18.6. The van der Waals surface area contributed by atoms with Gasteiger partial charge in [-0.1, -0.05) is 37.3 Å². The van der Waals surface area contributed by atoms with E-state index in [1.54, 1.807) is 51.1 Å². The molecule has 0 fully saturated rings. The number of aromatic hydroxyl groups is 2. The van der Waals surface area contributed by atoms with Crippen molar-refractivity contribution in [3.05, 3.63) is 48.0 Å². The molecule has 6 N–H and O–H groups in total. The first-order chi connectivity index (χ1) is 14.9. The van der Waals surface area contributed by atoms with Crippen molar-refractivity contribution in [2.45, 2.75) is 45.3 Å². The van der Waals surface area contributed by atoms with Gasteiger partial charge in [0.15, 0.2) is 17.3 Å². The molecule has 0 aliphatic rings. The number of aromatic nitrogens is 1. The Hall–Kier alpha value is -3.24. The van der Waals surface area contributed by atoms with Gasteiger partial charge in [0.25, 0.3) is 0 Å². The highest BCUT2D eigenvalue weighted by Crippen LogP contribution is 2.46. The minimum atomic E-state index is -2.03. The molecule has 0 spiro atoms. The van der Waals surface area contributed by atoms with Crippen molar-refractivity contribution < 1.29 is 34.9 Å². The van der Waals surface area contributed by atoms with Crippen LogP contribution in [0.15, 0.2) is 42.5 Å². The summed E-state index contributed by atoms with van der Waals surface area (Å²) < 4.78 is 6.15. The summed E-state index contributed by atoms with van der Waals surface area (Å²) in [4.78, 5) is 25.2. The van der Waals surface area contributed by atoms with Gasteiger partial charge in [0.2, 0.25) is 0 Å². The molecular weight excluding hydrogens is 418 g/mol. The Labute approximate surface area is 186 Å². The van der Waals surface area contributed by atoms with Gasteiger partial charge in [-0.15, -0.1) is 0 Å². The number of ether oxygens (including phenoxy) is 1. The lowest BCUT2D eigenvalue weighted by atomic mass is 9.66. The van der Waals surface area contributed by atoms with Crippen LogP contribution in [0.1, 0.15) is 33.3 Å². The summed E-state index contributed by atoms with van der Waals surface area (Å²) in [7, 11) is 0. The minimum Gasteiger partial charge on any atom is -0.494 e. The number of hydroxylamine groups is 1. The highest BCUT2D eigenvalue weighted by atomic mass is 16.6. The van der Waals surface area contributed by atoms with E-state index in [9.17, 15) is 30.1 Å². The smallest absolute Gasteiger partial charge is 0.407 e. The standard InChI is InChI=1S/C22H31N3O7/c1-20(2,3)32-19(30)23-13-21(4,14-24-31)22(18(28)29,12-15-8-6-5-7-9-15)25-16(26)10-11-17(25)27/h5-11,24,26-27,31H,12-14H2,1-4H3,(H,23,30)(H,28,29)/t21-,22+/m1/s1. The Kier molecular flexibility index (Phi) is 7.42. The van der Waals surface area contributed by atoms with E-state index in [4.69, 9.17) is 4.74 Å². The molecule has 1 aromatic carbocycles. The summed E-state index contributed by atoms with van der Waals surface area (Å²) in [6.45, 7) is 6.00. The van der Waals surface area contributed by atoms with E-state index in [0.29, 0.717) is 5.56 Å². The number of carbonyl (C=O) groups is 2. The molecule has 0 bridgehead atoms. The second kappa shape index (κ2) is 9.49. The van der Waals surface area contributed by atoms with Crippen molar-refractivity contribution in [2.75, 3.05) is 13.1 Å². The zero-order chi connectivity index (χ0) is 24.2. The predicted molar refractivity (Wildman–Crippen MR) is 116 cm³/mol. The highest BCUT2D eigenvalue weighted by molar-refractivity contribution is 5.80. The number of carboxylic acid groups (broad SMARTS) is 1. The van der Waals surface area contributed by atoms with Gasteiger partial charge in [0, 0.05) is 37.1 Å². The number of alkyl carbamates (subject to hydrolysis) is 1. The highest BCUT2D eigenvalue weighted by Gasteiger charge is 2.57. The molecule has 32 heavy (non-hydrogen) atoms. The molecule has 0 unspecified atom stereocenters. The van der Waals surface area contributed by atoms with E-state index in [1.165, 1.54) is 19.1 Å². The number of carboxylic acids is 1. The molecule has 0 aliphatic carbocycles. The van der Waals surface area contributed by atoms with Gasteiger partial charge in [-0.25, -0.2) is 15.1 Å². The predicted octanol–water partition coefficient (Wildman–Crippen LogP) is 2.43. The van der Waals surface area contributed by atoms with Crippen LogP contribution in [0.5, 0.6) is 11.8 Å². The second-order valence-corrected chi connectivity index (χ2v) is 8.96. The molecule has 0 saturated carbocycles. The van der Waals surface area contributed by atoms with Crippen molar-refractivity contribution >= 4 is 12.1 Å². The molecule has 0 aliphatic heterocycles. The monoisotopic (exact) mass is 449 g/mol. The molecule has 0 radical (unpaired) electrons. The van der Waals surface area contributed by atoms with E-state index < -0.39 is 40.4 Å². The lowest BCUT2D eigenvalue weighted by Gasteiger charge is -2.47. The average molecular weight is 450 g/mol. The Bertz CT molecular complexity index is 919. The summed E-state index contributed by atoms with van der Waals surface area (Å²) in [6, 6.07) is 11.0. The lowest BCUT2D eigenvalue weighted by Crippen LogP contribution is -2.63. The van der Waals surface area contributed by atoms with Gasteiger partial charge in [-0.3, -0.25) is 4.57 Å². The number of carbonyl (C=O) groups excluding carboxylic acids is 1. The number of rotatable bonds is 9. The van der Waals surface area contributed by atoms with Gasteiger partial charge < -0.3 is 30.6 Å². The third kappa shape index (κ3) is 5.14. The van der Waals surface area contributed by atoms with Crippen molar-refractivity contribution in [1.82, 2.24) is 15.4 Å². The van der Waals surface area contributed by atoms with Crippen LogP contribution in [0.25, 0.3) is 0 Å². The average Bonchev–Trinajstić information content (AvgIpc) is 3.02. The number of nitrogens with one attached hydrogen (secondary N) is 2. The molecule has 1 aromatic heterocycles. The first-order valence-corrected chi connectivity index (χ1v) is 10.1. The molecular formula is C22H31N3O7. The van der Waals surface area contributed by atoms with Crippen LogP contribution in [0.2, 0.25) is 0 Å². The van der Waals surface area contributed by atoms with Crippen molar-refractivity contribution in [1.29, 1.82) is 0 Å². The van der Waals surface area contributed by atoms with Crippen LogP contribution in [-0.2, 0) is 21.5 Å². The fourth-order valence-corrected chi connectivity index (χ4v) is 3.80. The van der Waals surface area contributed by atoms with Crippen molar-refractivity contribution in [3.8, 4) is 11.8 Å². The van der Waals surface area contributed by atoms with Gasteiger partial charge in [-0.2, -0.15) is 0 Å². The first-order valence-electron chi connectivity index (χ1n) is 10.1. The van der Waals surface area contributed by atoms with E-state index in [2.05, 4.69) is 5.32 Å². The molecule has 2 aromatic rings. The van der Waals surface area contributed by atoms with Crippen LogP contribution in [0, 0.1) is 5.41 Å². The normalized spacial score (nSPS) is 15.4. The van der Waals surface area contributed by atoms with Gasteiger partial charge in [-0.05, 0) is 26.3 Å². The van der Waals surface area contributed by atoms with E-state index in [-0.39, 0.29) is 19.5 Å². The first kappa shape index (κ1) is 25.0. The molecule has 10 heteroatoms. The summed E-state index contributed by atoms with van der Waals surface area (Å²) in [5.74, 6) is -2.35. The topological polar surface area (TPSA) is 153 Å². The summed E-state index contributed by atoms with van der Waals surface area (Å²) in [5.41, 5.74) is -1.69. The van der Waals surface area contributed by atoms with Crippen LogP contribution in [-0.4, -0.2) is 55.8 Å². The largest absolute Gasteiger partial charge is 0.494 e. The molecule has 176 valence electrons. The van der Waals surface area contributed by atoms with Gasteiger partial charge >= 0.3 is 12.1 Å². The number of hydrogen-bond donors (Lipinski definition) is 6. The maximum absolute atomic E-state index is 12.9. The summed E-state index contributed by atoms with van der Waals surface area (Å²) in [5, 5.41) is 43.7. The quantitative estimate of drug-likeness (QED) is 0.319. The maximum Gasteiger partial charge on any atom is 0.407 e. The molecule has 10 nitrogen and oxygen atoms in total. The molecule has 1 amide bonds. The number of aliphatic carboxylic acids is 1. The molecule has 2 atom stereocenters. The molecule has 2 rings (SSSR count). The zero-order valence-corrected chi connectivity index (χ0v) is 18.6. The minimum absolute atomic E-state index is 0.173. The van der Waals surface area contributed by atoms with Gasteiger partial charge in [0.1, 0.15) is 5.60 Å². The van der Waals surface area contributed by atoms with Crippen molar-refractivity contribution in [3.63, 3.8) is 0 Å². The summed E-state index contributed by atoms with van der Waals surface area (Å²) >= 11 is 0. The van der Waals surface area contributed by atoms with E-state index >= 15 is 0 Å². The Balaban J connectivity index is 2.64. The van der Waals surface area contributed by atoms with Gasteiger partial charge in [0.05, 0.1) is 0 Å². The van der Waals surface area contributed by atoms with E-state index in [1.807, 2.05) is 5.48 Å². The van der Waals surface area contributed by atoms with Crippen LogP contribution >= 0.6 is 0 Å². The Morgan fingerprint density at radius 3 is 2.00 bits per heavy atom. The number of benzene rings is 1. The number of nitrogens with zero attached hydrogens (tertiary/aromatic N) is 1. The third-order valence-electron chi connectivity index (χ3n) is 5.37. The number of hydrogen-bond acceptors (Lipinski definition) is 7. The molecule has 1 heterocycles. The van der Waals surface area contributed by atoms with Crippen LogP contribution < -0.4 is 10.8 Å². The van der Waals surface area contributed by atoms with Crippen LogP contribution in [0.4, 0.5) is 4.79 Å². The summed E-state index contributed by atoms with van der Waals surface area (Å²) in [6.07, 6.45) is -0.950. The molecule has 0 saturated heterocycles. The lowest BCUT2D eigenvalue weighted by molar-refractivity contribution is -0.157. The fourth-order valence-electron chi connectivity index (χ4n) is 3.80. The fraction of sp³-hybridized carbons (Fsp3) is 0.455. The van der Waals surface area contributed by atoms with Crippen molar-refractivity contribution in [2.24, 2.45) is 5.41 Å². The third-order valence-corrected chi connectivity index (χ3v) is 5.37. The van der Waals surface area contributed by atoms with E-state index in [0.717, 1.165) is 4.57 Å².